The van der Waals surface area contributed by atoms with Crippen LogP contribution in [0, 0.1) is 5.41 Å². The normalized spacial score (nSPS) is 19.4. The average molecular weight is 400 g/mol. The molecule has 0 radical (unpaired) electrons. The molecule has 1 aliphatic heterocycles. The highest BCUT2D eigenvalue weighted by molar-refractivity contribution is 5.83. The quantitative estimate of drug-likeness (QED) is 0.671. The number of likely N-dealkylation sites (tertiary alicyclic amines) is 1. The molecule has 30 heavy (non-hydrogen) atoms. The minimum absolute atomic E-state index is 0.151. The van der Waals surface area contributed by atoms with Crippen LogP contribution in [0.5, 0.6) is 0 Å². The molecule has 4 heteroatoms. The fourth-order valence-corrected chi connectivity index (χ4v) is 4.63. The maximum absolute atomic E-state index is 13.0. The van der Waals surface area contributed by atoms with Gasteiger partial charge in [-0.2, -0.15) is 0 Å². The predicted octanol–water partition coefficient (Wildman–Crippen LogP) is 4.32. The summed E-state index contributed by atoms with van der Waals surface area (Å²) >= 11 is 0. The molecule has 1 fully saturated rings. The summed E-state index contributed by atoms with van der Waals surface area (Å²) in [6.07, 6.45) is 6.34. The number of aromatic nitrogens is 1. The summed E-state index contributed by atoms with van der Waals surface area (Å²) in [5.74, 6) is 0.151. The van der Waals surface area contributed by atoms with Crippen molar-refractivity contribution in [1.82, 2.24) is 15.2 Å². The van der Waals surface area contributed by atoms with Crippen molar-refractivity contribution < 1.29 is 4.79 Å². The van der Waals surface area contributed by atoms with Gasteiger partial charge in [0, 0.05) is 32.5 Å². The molecule has 1 atom stereocenters. The number of amides is 1. The number of nitrogens with one attached hydrogen (secondary N) is 1. The summed E-state index contributed by atoms with van der Waals surface area (Å²) < 4.78 is 0. The maximum atomic E-state index is 13.0. The van der Waals surface area contributed by atoms with Crippen molar-refractivity contribution in [3.05, 3.63) is 90.3 Å². The lowest BCUT2D eigenvalue weighted by molar-refractivity contribution is -0.134. The zero-order valence-electron chi connectivity index (χ0n) is 17.6. The van der Waals surface area contributed by atoms with Crippen LogP contribution in [-0.4, -0.2) is 35.9 Å². The molecule has 0 saturated carbocycles. The van der Waals surface area contributed by atoms with E-state index in [0.29, 0.717) is 0 Å². The van der Waals surface area contributed by atoms with E-state index in [1.807, 2.05) is 30.6 Å². The molecule has 1 saturated heterocycles. The van der Waals surface area contributed by atoms with Crippen LogP contribution in [0.25, 0.3) is 11.1 Å². The largest absolute Gasteiger partial charge is 0.359 e. The molecule has 1 N–H and O–H groups in total. The van der Waals surface area contributed by atoms with Gasteiger partial charge in [-0.15, -0.1) is 0 Å². The van der Waals surface area contributed by atoms with Crippen LogP contribution in [0.3, 0.4) is 0 Å². The number of pyridine rings is 1. The fourth-order valence-electron chi connectivity index (χ4n) is 4.63. The van der Waals surface area contributed by atoms with Crippen LogP contribution in [0.4, 0.5) is 0 Å². The Morgan fingerprint density at radius 1 is 0.967 bits per heavy atom. The molecule has 2 heterocycles. The Bertz CT molecular complexity index is 957. The van der Waals surface area contributed by atoms with Crippen LogP contribution in [0.2, 0.25) is 0 Å². The van der Waals surface area contributed by atoms with Crippen LogP contribution in [0.15, 0.2) is 79.1 Å². The second kappa shape index (κ2) is 9.23. The van der Waals surface area contributed by atoms with Gasteiger partial charge >= 0.3 is 0 Å². The summed E-state index contributed by atoms with van der Waals surface area (Å²) in [4.78, 5) is 19.6. The standard InChI is InChI=1S/C26H29N3O/c1-27-25(30)26(14-5-17-29(20-26)19-22-6-3-2-4-7-22)18-21-8-10-23(11-9-21)24-12-15-28-16-13-24/h2-4,6-13,15-16H,5,14,17-20H2,1H3,(H,27,30). The molecule has 154 valence electrons. The lowest BCUT2D eigenvalue weighted by Crippen LogP contribution is -2.52. The third kappa shape index (κ3) is 4.60. The molecule has 0 aliphatic carbocycles. The van der Waals surface area contributed by atoms with Gasteiger partial charge in [-0.05, 0) is 60.2 Å². The first-order chi connectivity index (χ1) is 14.7. The van der Waals surface area contributed by atoms with Gasteiger partial charge in [0.05, 0.1) is 5.41 Å². The molecule has 1 aromatic heterocycles. The Hall–Kier alpha value is -2.98. The van der Waals surface area contributed by atoms with Crippen LogP contribution >= 0.6 is 0 Å². The monoisotopic (exact) mass is 399 g/mol. The molecule has 1 amide bonds. The predicted molar refractivity (Wildman–Crippen MR) is 121 cm³/mol. The van der Waals surface area contributed by atoms with Gasteiger partial charge in [0.15, 0.2) is 0 Å². The van der Waals surface area contributed by atoms with Gasteiger partial charge in [0.25, 0.3) is 0 Å². The van der Waals surface area contributed by atoms with E-state index < -0.39 is 0 Å². The van der Waals surface area contributed by atoms with Crippen molar-refractivity contribution in [2.75, 3.05) is 20.1 Å². The first-order valence-corrected chi connectivity index (χ1v) is 10.7. The lowest BCUT2D eigenvalue weighted by atomic mass is 9.74. The van der Waals surface area contributed by atoms with Crippen molar-refractivity contribution in [2.24, 2.45) is 5.41 Å². The molecule has 2 aromatic carbocycles. The van der Waals surface area contributed by atoms with Gasteiger partial charge in [-0.25, -0.2) is 0 Å². The number of carbonyl (C=O) groups excluding carboxylic acids is 1. The SMILES string of the molecule is CNC(=O)C1(Cc2ccc(-c3ccncc3)cc2)CCCN(Cc2ccccc2)C1. The third-order valence-corrected chi connectivity index (χ3v) is 6.12. The van der Waals surface area contributed by atoms with Crippen molar-refractivity contribution in [2.45, 2.75) is 25.8 Å². The van der Waals surface area contributed by atoms with Crippen molar-refractivity contribution in [1.29, 1.82) is 0 Å². The Morgan fingerprint density at radius 3 is 2.37 bits per heavy atom. The molecule has 4 rings (SSSR count). The Kier molecular flexibility index (Phi) is 6.24. The Morgan fingerprint density at radius 2 is 1.67 bits per heavy atom. The second-order valence-electron chi connectivity index (χ2n) is 8.27. The minimum Gasteiger partial charge on any atom is -0.359 e. The number of hydrogen-bond acceptors (Lipinski definition) is 3. The highest BCUT2D eigenvalue weighted by atomic mass is 16.2. The van der Waals surface area contributed by atoms with Gasteiger partial charge < -0.3 is 5.32 Å². The summed E-state index contributed by atoms with van der Waals surface area (Å²) in [6, 6.07) is 23.2. The van der Waals surface area contributed by atoms with Crippen molar-refractivity contribution in [3.63, 3.8) is 0 Å². The van der Waals surface area contributed by atoms with E-state index in [1.54, 1.807) is 7.05 Å². The van der Waals surface area contributed by atoms with E-state index in [1.165, 1.54) is 16.7 Å². The number of carbonyl (C=O) groups is 1. The number of nitrogens with zero attached hydrogens (tertiary/aromatic N) is 2. The average Bonchev–Trinajstić information content (AvgIpc) is 2.80. The number of benzene rings is 2. The zero-order chi connectivity index (χ0) is 20.8. The second-order valence-corrected chi connectivity index (χ2v) is 8.27. The molecule has 3 aromatic rings. The summed E-state index contributed by atoms with van der Waals surface area (Å²) in [6.45, 7) is 2.71. The molecule has 0 spiro atoms. The first kappa shape index (κ1) is 20.3. The molecule has 1 unspecified atom stereocenters. The number of hydrogen-bond donors (Lipinski definition) is 1. The Labute approximate surface area is 179 Å². The maximum Gasteiger partial charge on any atom is 0.227 e. The van der Waals surface area contributed by atoms with E-state index in [9.17, 15) is 4.79 Å². The molecule has 0 bridgehead atoms. The van der Waals surface area contributed by atoms with E-state index in [-0.39, 0.29) is 11.3 Å². The summed E-state index contributed by atoms with van der Waals surface area (Å²) in [7, 11) is 1.76. The van der Waals surface area contributed by atoms with Crippen molar-refractivity contribution >= 4 is 5.91 Å². The van der Waals surface area contributed by atoms with Crippen LogP contribution in [0.1, 0.15) is 24.0 Å². The number of rotatable bonds is 6. The number of piperidine rings is 1. The van der Waals surface area contributed by atoms with Gasteiger partial charge in [-0.3, -0.25) is 14.7 Å². The van der Waals surface area contributed by atoms with Gasteiger partial charge in [0.2, 0.25) is 5.91 Å². The van der Waals surface area contributed by atoms with Crippen LogP contribution in [-0.2, 0) is 17.8 Å². The lowest BCUT2D eigenvalue weighted by Gasteiger charge is -2.41. The van der Waals surface area contributed by atoms with Crippen molar-refractivity contribution in [3.8, 4) is 11.1 Å². The smallest absolute Gasteiger partial charge is 0.227 e. The van der Waals surface area contributed by atoms with E-state index in [2.05, 4.69) is 63.7 Å². The van der Waals surface area contributed by atoms with Crippen LogP contribution < -0.4 is 5.32 Å². The summed E-state index contributed by atoms with van der Waals surface area (Å²) in [5.41, 5.74) is 4.44. The highest BCUT2D eigenvalue weighted by Crippen LogP contribution is 2.35. The minimum atomic E-state index is -0.389. The molecule has 4 nitrogen and oxygen atoms in total. The topological polar surface area (TPSA) is 45.2 Å². The fraction of sp³-hybridized carbons (Fsp3) is 0.308. The molecule has 1 aliphatic rings. The van der Waals surface area contributed by atoms with E-state index >= 15 is 0 Å². The molecular weight excluding hydrogens is 370 g/mol. The summed E-state index contributed by atoms with van der Waals surface area (Å²) in [5, 5.41) is 2.94. The van der Waals surface area contributed by atoms with E-state index in [4.69, 9.17) is 0 Å². The van der Waals surface area contributed by atoms with Gasteiger partial charge in [-0.1, -0.05) is 54.6 Å². The van der Waals surface area contributed by atoms with Gasteiger partial charge in [0.1, 0.15) is 0 Å². The third-order valence-electron chi connectivity index (χ3n) is 6.12. The highest BCUT2D eigenvalue weighted by Gasteiger charge is 2.41. The zero-order valence-corrected chi connectivity index (χ0v) is 17.6. The Balaban J connectivity index is 1.52. The first-order valence-electron chi connectivity index (χ1n) is 10.7. The van der Waals surface area contributed by atoms with E-state index in [0.717, 1.165) is 44.5 Å². The molecular formula is C26H29N3O.